The van der Waals surface area contributed by atoms with E-state index in [1.807, 2.05) is 26.4 Å². The number of hydrogen-bond donors (Lipinski definition) is 0. The minimum absolute atomic E-state index is 0.140. The third kappa shape index (κ3) is 6.91. The van der Waals surface area contributed by atoms with Crippen LogP contribution >= 0.6 is 21.6 Å². The van der Waals surface area contributed by atoms with Gasteiger partial charge in [0.25, 0.3) is 0 Å². The Morgan fingerprint density at radius 3 is 2.24 bits per heavy atom. The van der Waals surface area contributed by atoms with Crippen LogP contribution in [-0.2, 0) is 21.4 Å². The zero-order valence-corrected chi connectivity index (χ0v) is 20.9. The molecule has 29 heavy (non-hydrogen) atoms. The summed E-state index contributed by atoms with van der Waals surface area (Å²) in [6.07, 6.45) is 5.12. The van der Waals surface area contributed by atoms with Gasteiger partial charge in [-0.2, -0.15) is 0 Å². The molecule has 0 aliphatic heterocycles. The Morgan fingerprint density at radius 1 is 1.24 bits per heavy atom. The summed E-state index contributed by atoms with van der Waals surface area (Å²) in [7, 11) is 6.51. The summed E-state index contributed by atoms with van der Waals surface area (Å²) in [4.78, 5) is 19.0. The SMILES string of the molecule is C/C=N/OC(C(SSC)C(C(=O)OC)C(C)(C)C)C(c1cn(C)nn1)C(C)(C)C. The quantitative estimate of drug-likeness (QED) is 0.239. The number of carbonyl (C=O) groups excluding carboxylic acids is 1. The van der Waals surface area contributed by atoms with Crippen molar-refractivity contribution in [2.75, 3.05) is 13.4 Å². The third-order valence-corrected chi connectivity index (χ3v) is 6.94. The molecule has 4 atom stereocenters. The molecular formula is C20H36N4O3S2. The van der Waals surface area contributed by atoms with Gasteiger partial charge in [-0.25, -0.2) is 0 Å². The van der Waals surface area contributed by atoms with Crippen LogP contribution in [0.2, 0.25) is 0 Å². The lowest BCUT2D eigenvalue weighted by molar-refractivity contribution is -0.151. The number of hydrogen-bond acceptors (Lipinski definition) is 8. The Morgan fingerprint density at radius 2 is 1.86 bits per heavy atom. The Kier molecular flexibility index (Phi) is 9.53. The number of carbonyl (C=O) groups is 1. The van der Waals surface area contributed by atoms with Crippen LogP contribution in [-0.4, -0.2) is 51.9 Å². The first-order chi connectivity index (χ1) is 13.4. The van der Waals surface area contributed by atoms with Gasteiger partial charge in [-0.05, 0) is 24.0 Å². The van der Waals surface area contributed by atoms with Crippen molar-refractivity contribution in [3.63, 3.8) is 0 Å². The summed E-state index contributed by atoms with van der Waals surface area (Å²) in [6, 6.07) is 0. The standard InChI is InChI=1S/C20H36N4O3S2/c1-11-21-27-16(14(19(2,3)4)13-12-24(8)23-22-13)17(29-28-10)15(18(25)26-9)20(5,6)7/h11-12,14-17H,1-10H3/b21-11+. The van der Waals surface area contributed by atoms with Gasteiger partial charge in [0.1, 0.15) is 6.10 Å². The molecule has 0 fully saturated rings. The molecule has 0 saturated heterocycles. The Hall–Kier alpha value is -1.22. The van der Waals surface area contributed by atoms with Crippen LogP contribution in [0.3, 0.4) is 0 Å². The second-order valence-electron chi connectivity index (χ2n) is 9.19. The highest BCUT2D eigenvalue weighted by atomic mass is 33.1. The second-order valence-corrected chi connectivity index (χ2v) is 11.8. The molecule has 1 aromatic rings. The third-order valence-electron chi connectivity index (χ3n) is 4.74. The molecule has 0 radical (unpaired) electrons. The Labute approximate surface area is 183 Å². The minimum atomic E-state index is -0.413. The fourth-order valence-electron chi connectivity index (χ4n) is 3.57. The topological polar surface area (TPSA) is 78.6 Å². The molecule has 7 nitrogen and oxygen atoms in total. The van der Waals surface area contributed by atoms with Crippen LogP contribution in [0.25, 0.3) is 0 Å². The van der Waals surface area contributed by atoms with Crippen molar-refractivity contribution in [2.24, 2.45) is 29.0 Å². The monoisotopic (exact) mass is 444 g/mol. The van der Waals surface area contributed by atoms with Crippen LogP contribution in [0.5, 0.6) is 0 Å². The first-order valence-electron chi connectivity index (χ1n) is 9.65. The van der Waals surface area contributed by atoms with E-state index in [1.165, 1.54) is 7.11 Å². The van der Waals surface area contributed by atoms with E-state index in [2.05, 4.69) is 57.0 Å². The van der Waals surface area contributed by atoms with Crippen molar-refractivity contribution in [1.82, 2.24) is 15.0 Å². The predicted octanol–water partition coefficient (Wildman–Crippen LogP) is 4.55. The van der Waals surface area contributed by atoms with Gasteiger partial charge in [0.15, 0.2) is 0 Å². The molecule has 4 unspecified atom stereocenters. The fraction of sp³-hybridized carbons (Fsp3) is 0.800. The van der Waals surface area contributed by atoms with E-state index in [0.717, 1.165) is 5.69 Å². The number of aromatic nitrogens is 3. The largest absolute Gasteiger partial charge is 0.469 e. The Balaban J connectivity index is 3.64. The number of nitrogens with zero attached hydrogens (tertiary/aromatic N) is 4. The average Bonchev–Trinajstić information content (AvgIpc) is 3.01. The summed E-state index contributed by atoms with van der Waals surface area (Å²) < 4.78 is 6.90. The van der Waals surface area contributed by atoms with Crippen molar-refractivity contribution in [3.8, 4) is 0 Å². The molecule has 0 N–H and O–H groups in total. The lowest BCUT2D eigenvalue weighted by Crippen LogP contribution is -2.48. The summed E-state index contributed by atoms with van der Waals surface area (Å²) >= 11 is 0. The van der Waals surface area contributed by atoms with Crippen molar-refractivity contribution >= 4 is 33.8 Å². The molecule has 0 saturated carbocycles. The van der Waals surface area contributed by atoms with E-state index in [0.29, 0.717) is 0 Å². The van der Waals surface area contributed by atoms with Gasteiger partial charge < -0.3 is 9.57 Å². The van der Waals surface area contributed by atoms with Gasteiger partial charge in [-0.3, -0.25) is 9.48 Å². The molecule has 9 heteroatoms. The van der Waals surface area contributed by atoms with E-state index >= 15 is 0 Å². The van der Waals surface area contributed by atoms with Crippen molar-refractivity contribution in [1.29, 1.82) is 0 Å². The van der Waals surface area contributed by atoms with E-state index in [-0.39, 0.29) is 28.0 Å². The predicted molar refractivity (Wildman–Crippen MR) is 122 cm³/mol. The highest BCUT2D eigenvalue weighted by Crippen LogP contribution is 2.48. The van der Waals surface area contributed by atoms with Crippen LogP contribution < -0.4 is 0 Å². The summed E-state index contributed by atoms with van der Waals surface area (Å²) in [5.41, 5.74) is 0.281. The molecule has 0 bridgehead atoms. The van der Waals surface area contributed by atoms with Crippen molar-refractivity contribution < 1.29 is 14.4 Å². The number of ether oxygens (including phenoxy) is 1. The van der Waals surface area contributed by atoms with E-state index in [1.54, 1.807) is 32.5 Å². The summed E-state index contributed by atoms with van der Waals surface area (Å²) in [5.74, 6) is -0.785. The lowest BCUT2D eigenvalue weighted by atomic mass is 9.69. The van der Waals surface area contributed by atoms with Gasteiger partial charge in [-0.1, -0.05) is 73.5 Å². The first kappa shape index (κ1) is 25.8. The summed E-state index contributed by atoms with van der Waals surface area (Å²) in [5, 5.41) is 12.4. The van der Waals surface area contributed by atoms with Crippen LogP contribution in [0.15, 0.2) is 11.4 Å². The zero-order valence-electron chi connectivity index (χ0n) is 19.3. The maximum absolute atomic E-state index is 12.9. The van der Waals surface area contributed by atoms with E-state index in [9.17, 15) is 4.79 Å². The van der Waals surface area contributed by atoms with E-state index in [4.69, 9.17) is 9.57 Å². The van der Waals surface area contributed by atoms with Crippen LogP contribution in [0.4, 0.5) is 0 Å². The first-order valence-corrected chi connectivity index (χ1v) is 12.3. The van der Waals surface area contributed by atoms with Crippen LogP contribution in [0.1, 0.15) is 60.1 Å². The molecule has 0 aliphatic rings. The van der Waals surface area contributed by atoms with Crippen molar-refractivity contribution in [3.05, 3.63) is 11.9 Å². The molecule has 0 spiro atoms. The summed E-state index contributed by atoms with van der Waals surface area (Å²) in [6.45, 7) is 14.4. The van der Waals surface area contributed by atoms with Crippen LogP contribution in [0, 0.1) is 16.7 Å². The maximum Gasteiger partial charge on any atom is 0.310 e. The normalized spacial score (nSPS) is 17.0. The van der Waals surface area contributed by atoms with Gasteiger partial charge in [-0.15, -0.1) is 5.10 Å². The molecule has 166 valence electrons. The molecule has 0 amide bonds. The molecule has 1 aromatic heterocycles. The smallest absolute Gasteiger partial charge is 0.310 e. The lowest BCUT2D eigenvalue weighted by Gasteiger charge is -2.42. The average molecular weight is 445 g/mol. The molecule has 1 heterocycles. The molecular weight excluding hydrogens is 408 g/mol. The van der Waals surface area contributed by atoms with Gasteiger partial charge >= 0.3 is 5.97 Å². The number of methoxy groups -OCH3 is 1. The zero-order chi connectivity index (χ0) is 22.4. The number of oxime groups is 1. The maximum atomic E-state index is 12.9. The second kappa shape index (κ2) is 10.7. The minimum Gasteiger partial charge on any atom is -0.469 e. The molecule has 0 aliphatic carbocycles. The highest BCUT2D eigenvalue weighted by molar-refractivity contribution is 8.76. The number of rotatable bonds is 9. The molecule has 0 aromatic carbocycles. The fourth-order valence-corrected chi connectivity index (χ4v) is 6.07. The molecule has 1 rings (SSSR count). The van der Waals surface area contributed by atoms with Gasteiger partial charge in [0.05, 0.1) is 29.9 Å². The van der Waals surface area contributed by atoms with Crippen molar-refractivity contribution in [2.45, 2.75) is 65.7 Å². The Bertz CT molecular complexity index is 680. The number of esters is 1. The van der Waals surface area contributed by atoms with E-state index < -0.39 is 12.0 Å². The van der Waals surface area contributed by atoms with Gasteiger partial charge in [0, 0.05) is 19.5 Å². The van der Waals surface area contributed by atoms with Gasteiger partial charge in [0.2, 0.25) is 0 Å². The highest BCUT2D eigenvalue weighted by Gasteiger charge is 2.50. The number of aryl methyl sites for hydroxylation is 1.